The lowest BCUT2D eigenvalue weighted by Gasteiger charge is -2.31. The molecule has 4 rings (SSSR count). The van der Waals surface area contributed by atoms with Crippen molar-refractivity contribution < 1.29 is 18.0 Å². The van der Waals surface area contributed by atoms with E-state index in [0.29, 0.717) is 11.3 Å². The fraction of sp³-hybridized carbons (Fsp3) is 0.100. The van der Waals surface area contributed by atoms with Crippen molar-refractivity contribution in [2.24, 2.45) is 0 Å². The summed E-state index contributed by atoms with van der Waals surface area (Å²) in [5.41, 5.74) is 2.19. The third-order valence-electron chi connectivity index (χ3n) is 5.97. The molecule has 0 saturated carbocycles. The van der Waals surface area contributed by atoms with E-state index in [9.17, 15) is 18.0 Å². The lowest BCUT2D eigenvalue weighted by Crippen LogP contribution is -2.43. The van der Waals surface area contributed by atoms with Crippen molar-refractivity contribution in [3.63, 3.8) is 0 Å². The number of hydrogen-bond acceptors (Lipinski definition) is 3. The van der Waals surface area contributed by atoms with Gasteiger partial charge in [0.25, 0.3) is 0 Å². The van der Waals surface area contributed by atoms with E-state index in [-0.39, 0.29) is 10.8 Å². The smallest absolute Gasteiger partial charge is 0.353 e. The molecule has 0 aliphatic heterocycles. The maximum atomic E-state index is 13.1. The Labute approximate surface area is 234 Å². The highest BCUT2D eigenvalue weighted by Gasteiger charge is 2.30. The van der Waals surface area contributed by atoms with E-state index in [1.54, 1.807) is 24.3 Å². The lowest BCUT2D eigenvalue weighted by atomic mass is 9.93. The molecule has 0 fully saturated rings. The van der Waals surface area contributed by atoms with Crippen LogP contribution in [-0.4, -0.2) is 11.1 Å². The molecule has 2 unspecified atom stereocenters. The predicted octanol–water partition coefficient (Wildman–Crippen LogP) is 7.17. The number of benzene rings is 4. The molecule has 2 amide bonds. The number of rotatable bonds is 7. The van der Waals surface area contributed by atoms with Crippen LogP contribution in [0.4, 0.5) is 29.3 Å². The number of nitrogens with one attached hydrogen (secondary N) is 4. The molecule has 0 spiro atoms. The van der Waals surface area contributed by atoms with Gasteiger partial charge in [0.15, 0.2) is 5.11 Å². The van der Waals surface area contributed by atoms with Crippen molar-refractivity contribution in [1.82, 2.24) is 10.6 Å². The first-order valence-corrected chi connectivity index (χ1v) is 12.6. The molecule has 0 aromatic heterocycles. The minimum absolute atomic E-state index is 0.208. The second-order valence-electron chi connectivity index (χ2n) is 8.74. The van der Waals surface area contributed by atoms with Gasteiger partial charge in [-0.15, -0.1) is 0 Å². The van der Waals surface area contributed by atoms with Gasteiger partial charge in [-0.05, 0) is 71.9 Å². The largest absolute Gasteiger partial charge is 0.416 e. The minimum Gasteiger partial charge on any atom is -0.353 e. The zero-order chi connectivity index (χ0) is 28.5. The first kappa shape index (κ1) is 28.1. The molecule has 0 saturated heterocycles. The zero-order valence-corrected chi connectivity index (χ0v) is 21.8. The van der Waals surface area contributed by atoms with Crippen molar-refractivity contribution in [3.05, 3.63) is 131 Å². The van der Waals surface area contributed by atoms with Gasteiger partial charge in [-0.2, -0.15) is 18.4 Å². The SMILES string of the molecule is N#Cc1ccc(NC(=S)NC(c2ccccc2)C(NC(=O)Nc2ccc(C(F)(F)F)cc2)c2ccccc2)cc1. The Morgan fingerprint density at radius 3 is 1.68 bits per heavy atom. The predicted molar refractivity (Wildman–Crippen MR) is 152 cm³/mol. The Morgan fingerprint density at radius 1 is 0.700 bits per heavy atom. The van der Waals surface area contributed by atoms with E-state index < -0.39 is 29.9 Å². The number of carbonyl (C=O) groups excluding carboxylic acids is 1. The van der Waals surface area contributed by atoms with E-state index in [1.165, 1.54) is 12.1 Å². The number of carbonyl (C=O) groups is 1. The summed E-state index contributed by atoms with van der Waals surface area (Å²) < 4.78 is 38.8. The van der Waals surface area contributed by atoms with Gasteiger partial charge >= 0.3 is 12.2 Å². The second kappa shape index (κ2) is 12.8. The van der Waals surface area contributed by atoms with Gasteiger partial charge in [-0.3, -0.25) is 0 Å². The molecule has 202 valence electrons. The standard InChI is InChI=1S/C30H24F3N5OS/c31-30(32,33)23-13-17-24(18-14-23)35-28(39)37-26(21-7-3-1-4-8-21)27(22-9-5-2-6-10-22)38-29(40)36-25-15-11-20(19-34)12-16-25/h1-18,26-27H,(H2,35,37,39)(H2,36,38,40). The number of urea groups is 1. The molecule has 0 aliphatic rings. The molecule has 10 heteroatoms. The average Bonchev–Trinajstić information content (AvgIpc) is 2.96. The fourth-order valence-corrected chi connectivity index (χ4v) is 4.27. The third kappa shape index (κ3) is 7.58. The third-order valence-corrected chi connectivity index (χ3v) is 6.19. The quantitative estimate of drug-likeness (QED) is 0.180. The summed E-state index contributed by atoms with van der Waals surface area (Å²) >= 11 is 5.60. The molecular formula is C30H24F3N5OS. The fourth-order valence-electron chi connectivity index (χ4n) is 4.03. The van der Waals surface area contributed by atoms with Crippen LogP contribution in [0.25, 0.3) is 0 Å². The van der Waals surface area contributed by atoms with Crippen LogP contribution in [0.5, 0.6) is 0 Å². The Hall–Kier alpha value is -4.88. The van der Waals surface area contributed by atoms with Crippen LogP contribution >= 0.6 is 12.2 Å². The summed E-state index contributed by atoms with van der Waals surface area (Å²) in [6.07, 6.45) is -4.47. The van der Waals surface area contributed by atoms with Crippen LogP contribution in [-0.2, 0) is 6.18 Å². The van der Waals surface area contributed by atoms with Crippen LogP contribution in [0.2, 0.25) is 0 Å². The van der Waals surface area contributed by atoms with Crippen LogP contribution in [0.15, 0.2) is 109 Å². The first-order valence-electron chi connectivity index (χ1n) is 12.2. The first-order chi connectivity index (χ1) is 19.2. The summed E-state index contributed by atoms with van der Waals surface area (Å²) in [5.74, 6) is 0. The van der Waals surface area contributed by atoms with Crippen LogP contribution in [0.1, 0.15) is 34.3 Å². The molecule has 6 nitrogen and oxygen atoms in total. The van der Waals surface area contributed by atoms with Crippen molar-refractivity contribution >= 4 is 34.7 Å². The number of nitrogens with zero attached hydrogens (tertiary/aromatic N) is 1. The molecule has 4 aromatic carbocycles. The Bertz CT molecular complexity index is 1470. The number of anilines is 2. The molecule has 0 radical (unpaired) electrons. The van der Waals surface area contributed by atoms with Crippen LogP contribution in [0, 0.1) is 11.3 Å². The summed E-state index contributed by atoms with van der Waals surface area (Å²) in [6.45, 7) is 0. The van der Waals surface area contributed by atoms with Crippen LogP contribution in [0.3, 0.4) is 0 Å². The highest BCUT2D eigenvalue weighted by atomic mass is 32.1. The Kier molecular flexibility index (Phi) is 8.99. The molecule has 2 atom stereocenters. The van der Waals surface area contributed by atoms with E-state index in [4.69, 9.17) is 17.5 Å². The van der Waals surface area contributed by atoms with Gasteiger partial charge in [0, 0.05) is 11.4 Å². The molecule has 4 aromatic rings. The van der Waals surface area contributed by atoms with Crippen molar-refractivity contribution in [3.8, 4) is 6.07 Å². The summed E-state index contributed by atoms with van der Waals surface area (Å²) in [5, 5.41) is 21.3. The topological polar surface area (TPSA) is 89.0 Å². The average molecular weight is 560 g/mol. The van der Waals surface area contributed by atoms with Crippen molar-refractivity contribution in [1.29, 1.82) is 5.26 Å². The maximum Gasteiger partial charge on any atom is 0.416 e. The second-order valence-corrected chi connectivity index (χ2v) is 9.15. The molecule has 40 heavy (non-hydrogen) atoms. The zero-order valence-electron chi connectivity index (χ0n) is 20.9. The van der Waals surface area contributed by atoms with Gasteiger partial charge in [0.05, 0.1) is 29.3 Å². The molecular weight excluding hydrogens is 535 g/mol. The van der Waals surface area contributed by atoms with Gasteiger partial charge in [0.1, 0.15) is 0 Å². The molecule has 0 bridgehead atoms. The number of thiocarbonyl (C=S) groups is 1. The van der Waals surface area contributed by atoms with E-state index in [1.807, 2.05) is 60.7 Å². The number of alkyl halides is 3. The van der Waals surface area contributed by atoms with Crippen LogP contribution < -0.4 is 21.3 Å². The summed E-state index contributed by atoms with van der Waals surface area (Å²) in [7, 11) is 0. The molecule has 0 heterocycles. The van der Waals surface area contributed by atoms with Gasteiger partial charge in [0.2, 0.25) is 0 Å². The van der Waals surface area contributed by atoms with Gasteiger partial charge < -0.3 is 21.3 Å². The van der Waals surface area contributed by atoms with Crippen molar-refractivity contribution in [2.45, 2.75) is 18.3 Å². The number of hydrogen-bond donors (Lipinski definition) is 4. The monoisotopic (exact) mass is 559 g/mol. The molecule has 4 N–H and O–H groups in total. The lowest BCUT2D eigenvalue weighted by molar-refractivity contribution is -0.137. The number of nitriles is 1. The van der Waals surface area contributed by atoms with E-state index >= 15 is 0 Å². The highest BCUT2D eigenvalue weighted by Crippen LogP contribution is 2.31. The van der Waals surface area contributed by atoms with E-state index in [0.717, 1.165) is 23.3 Å². The Balaban J connectivity index is 1.58. The van der Waals surface area contributed by atoms with Crippen molar-refractivity contribution in [2.75, 3.05) is 10.6 Å². The maximum absolute atomic E-state index is 13.1. The summed E-state index contributed by atoms with van der Waals surface area (Å²) in [6, 6.07) is 29.9. The van der Waals surface area contributed by atoms with Gasteiger partial charge in [-0.25, -0.2) is 4.79 Å². The number of amides is 2. The summed E-state index contributed by atoms with van der Waals surface area (Å²) in [4.78, 5) is 13.1. The number of halogens is 3. The van der Waals surface area contributed by atoms with E-state index in [2.05, 4.69) is 27.3 Å². The normalized spacial score (nSPS) is 12.3. The van der Waals surface area contributed by atoms with Gasteiger partial charge in [-0.1, -0.05) is 60.7 Å². The minimum atomic E-state index is -4.47. The highest BCUT2D eigenvalue weighted by molar-refractivity contribution is 7.80. The molecule has 0 aliphatic carbocycles. The Morgan fingerprint density at radius 2 is 1.18 bits per heavy atom.